The first-order valence-corrected chi connectivity index (χ1v) is 5.68. The summed E-state index contributed by atoms with van der Waals surface area (Å²) in [5.74, 6) is -1.17. The zero-order chi connectivity index (χ0) is 14.3. The van der Waals surface area contributed by atoms with Crippen LogP contribution in [-0.4, -0.2) is 66.5 Å². The fourth-order valence-corrected chi connectivity index (χ4v) is 1.24. The van der Waals surface area contributed by atoms with Gasteiger partial charge in [-0.15, -0.1) is 0 Å². The van der Waals surface area contributed by atoms with E-state index in [4.69, 9.17) is 5.11 Å². The fraction of sp³-hybridized carbons (Fsp3) is 0.727. The molecule has 0 bridgehead atoms. The summed E-state index contributed by atoms with van der Waals surface area (Å²) in [6.45, 7) is 3.58. The third kappa shape index (κ3) is 6.72. The van der Waals surface area contributed by atoms with Crippen LogP contribution in [0.25, 0.3) is 0 Å². The molecule has 7 heteroatoms. The molecule has 0 heterocycles. The number of carbonyl (C=O) groups is 3. The molecule has 104 valence electrons. The number of likely N-dealkylation sites (N-methyl/N-ethyl adjacent to an activating group) is 1. The standard InChI is InChI=1S/C11H21N3O4/c1-8(2)6-14(7-10(16)17)11(18)12-5-9(15)13(3)4/h8H,5-7H2,1-4H3,(H,12,18)(H,16,17). The lowest BCUT2D eigenvalue weighted by Crippen LogP contribution is -2.47. The number of amides is 3. The Morgan fingerprint density at radius 2 is 1.78 bits per heavy atom. The summed E-state index contributed by atoms with van der Waals surface area (Å²) in [6.07, 6.45) is 0. The van der Waals surface area contributed by atoms with Crippen molar-refractivity contribution in [2.24, 2.45) is 5.92 Å². The molecule has 0 unspecified atom stereocenters. The third-order valence-corrected chi connectivity index (χ3v) is 2.09. The number of carbonyl (C=O) groups excluding carboxylic acids is 2. The van der Waals surface area contributed by atoms with Crippen molar-refractivity contribution in [3.8, 4) is 0 Å². The minimum atomic E-state index is -1.08. The molecule has 0 aromatic carbocycles. The van der Waals surface area contributed by atoms with E-state index in [1.165, 1.54) is 9.80 Å². The average Bonchev–Trinajstić information content (AvgIpc) is 2.22. The quantitative estimate of drug-likeness (QED) is 0.693. The smallest absolute Gasteiger partial charge is 0.323 e. The summed E-state index contributed by atoms with van der Waals surface area (Å²) in [7, 11) is 3.16. The van der Waals surface area contributed by atoms with E-state index in [0.717, 1.165) is 0 Å². The second-order valence-corrected chi connectivity index (χ2v) is 4.61. The van der Waals surface area contributed by atoms with E-state index in [0.29, 0.717) is 6.54 Å². The molecule has 0 saturated carbocycles. The van der Waals surface area contributed by atoms with Gasteiger partial charge >= 0.3 is 12.0 Å². The number of urea groups is 1. The Morgan fingerprint density at radius 1 is 1.22 bits per heavy atom. The molecule has 0 spiro atoms. The van der Waals surface area contributed by atoms with Crippen molar-refractivity contribution in [2.45, 2.75) is 13.8 Å². The van der Waals surface area contributed by atoms with E-state index >= 15 is 0 Å². The number of nitrogens with zero attached hydrogens (tertiary/aromatic N) is 2. The van der Waals surface area contributed by atoms with E-state index in [-0.39, 0.29) is 24.9 Å². The zero-order valence-corrected chi connectivity index (χ0v) is 11.3. The van der Waals surface area contributed by atoms with Crippen LogP contribution in [0.3, 0.4) is 0 Å². The summed E-state index contributed by atoms with van der Waals surface area (Å²) < 4.78 is 0. The molecule has 0 aliphatic heterocycles. The van der Waals surface area contributed by atoms with E-state index in [1.54, 1.807) is 14.1 Å². The number of hydrogen-bond donors (Lipinski definition) is 2. The lowest BCUT2D eigenvalue weighted by atomic mass is 10.2. The Kier molecular flexibility index (Phi) is 6.77. The van der Waals surface area contributed by atoms with Gasteiger partial charge in [-0.05, 0) is 5.92 Å². The molecule has 0 aliphatic rings. The summed E-state index contributed by atoms with van der Waals surface area (Å²) >= 11 is 0. The van der Waals surface area contributed by atoms with Crippen LogP contribution in [0, 0.1) is 5.92 Å². The summed E-state index contributed by atoms with van der Waals surface area (Å²) in [5.41, 5.74) is 0. The van der Waals surface area contributed by atoms with Gasteiger partial charge in [0.05, 0.1) is 6.54 Å². The van der Waals surface area contributed by atoms with Crippen molar-refractivity contribution >= 4 is 17.9 Å². The molecule has 0 aliphatic carbocycles. The van der Waals surface area contributed by atoms with Gasteiger partial charge in [0.25, 0.3) is 0 Å². The van der Waals surface area contributed by atoms with E-state index in [9.17, 15) is 14.4 Å². The lowest BCUT2D eigenvalue weighted by molar-refractivity contribution is -0.137. The first-order chi connectivity index (χ1) is 8.23. The first-order valence-electron chi connectivity index (χ1n) is 5.68. The highest BCUT2D eigenvalue weighted by molar-refractivity contribution is 5.85. The van der Waals surface area contributed by atoms with E-state index < -0.39 is 12.0 Å². The van der Waals surface area contributed by atoms with Gasteiger partial charge in [-0.1, -0.05) is 13.8 Å². The predicted octanol–water partition coefficient (Wildman–Crippen LogP) is -0.173. The number of carboxylic acid groups (broad SMARTS) is 1. The Balaban J connectivity index is 4.37. The molecule has 0 atom stereocenters. The zero-order valence-electron chi connectivity index (χ0n) is 11.3. The Labute approximate surface area is 107 Å². The second-order valence-electron chi connectivity index (χ2n) is 4.61. The monoisotopic (exact) mass is 259 g/mol. The highest BCUT2D eigenvalue weighted by Crippen LogP contribution is 1.99. The predicted molar refractivity (Wildman–Crippen MR) is 66.1 cm³/mol. The molecule has 0 radical (unpaired) electrons. The van der Waals surface area contributed by atoms with Crippen LogP contribution >= 0.6 is 0 Å². The molecule has 7 nitrogen and oxygen atoms in total. The largest absolute Gasteiger partial charge is 0.480 e. The highest BCUT2D eigenvalue weighted by Gasteiger charge is 2.18. The molecule has 0 aromatic heterocycles. The Bertz CT molecular complexity index is 315. The summed E-state index contributed by atoms with van der Waals surface area (Å²) in [4.78, 5) is 36.2. The van der Waals surface area contributed by atoms with Gasteiger partial charge in [-0.3, -0.25) is 9.59 Å². The minimum absolute atomic E-state index is 0.139. The van der Waals surface area contributed by atoms with Gasteiger partial charge in [0, 0.05) is 20.6 Å². The number of carboxylic acids is 1. The highest BCUT2D eigenvalue weighted by atomic mass is 16.4. The number of hydrogen-bond acceptors (Lipinski definition) is 3. The topological polar surface area (TPSA) is 90.0 Å². The molecule has 18 heavy (non-hydrogen) atoms. The van der Waals surface area contributed by atoms with E-state index in [1.807, 2.05) is 13.8 Å². The number of rotatable bonds is 6. The van der Waals surface area contributed by atoms with Gasteiger partial charge in [0.1, 0.15) is 6.54 Å². The van der Waals surface area contributed by atoms with Crippen molar-refractivity contribution < 1.29 is 19.5 Å². The SMILES string of the molecule is CC(C)CN(CC(=O)O)C(=O)NCC(=O)N(C)C. The lowest BCUT2D eigenvalue weighted by Gasteiger charge is -2.23. The van der Waals surface area contributed by atoms with Crippen molar-refractivity contribution in [3.05, 3.63) is 0 Å². The van der Waals surface area contributed by atoms with Crippen molar-refractivity contribution in [1.82, 2.24) is 15.1 Å². The van der Waals surface area contributed by atoms with Crippen molar-refractivity contribution in [2.75, 3.05) is 33.7 Å². The Morgan fingerprint density at radius 3 is 2.17 bits per heavy atom. The maximum Gasteiger partial charge on any atom is 0.323 e. The Hall–Kier alpha value is -1.79. The van der Waals surface area contributed by atoms with Gasteiger partial charge < -0.3 is 20.2 Å². The molecular formula is C11H21N3O4. The van der Waals surface area contributed by atoms with Crippen LogP contribution in [-0.2, 0) is 9.59 Å². The second kappa shape index (κ2) is 7.52. The molecule has 0 rings (SSSR count). The van der Waals surface area contributed by atoms with Gasteiger partial charge in [0.2, 0.25) is 5.91 Å². The minimum Gasteiger partial charge on any atom is -0.480 e. The van der Waals surface area contributed by atoms with Gasteiger partial charge in [-0.2, -0.15) is 0 Å². The molecular weight excluding hydrogens is 238 g/mol. The van der Waals surface area contributed by atoms with Crippen molar-refractivity contribution in [3.63, 3.8) is 0 Å². The van der Waals surface area contributed by atoms with Gasteiger partial charge in [0.15, 0.2) is 0 Å². The molecule has 0 fully saturated rings. The van der Waals surface area contributed by atoms with Crippen LogP contribution in [0.15, 0.2) is 0 Å². The average molecular weight is 259 g/mol. The summed E-state index contributed by atoms with van der Waals surface area (Å²) in [6, 6.07) is -0.540. The van der Waals surface area contributed by atoms with Gasteiger partial charge in [-0.25, -0.2) is 4.79 Å². The fourth-order valence-electron chi connectivity index (χ4n) is 1.24. The van der Waals surface area contributed by atoms with Crippen LogP contribution in [0.2, 0.25) is 0 Å². The van der Waals surface area contributed by atoms with Crippen LogP contribution in [0.4, 0.5) is 4.79 Å². The van der Waals surface area contributed by atoms with Crippen molar-refractivity contribution in [1.29, 1.82) is 0 Å². The maximum atomic E-state index is 11.7. The molecule has 0 saturated heterocycles. The normalized spacial score (nSPS) is 10.1. The maximum absolute atomic E-state index is 11.7. The molecule has 3 amide bonds. The van der Waals surface area contributed by atoms with E-state index in [2.05, 4.69) is 5.32 Å². The van der Waals surface area contributed by atoms with Crippen LogP contribution in [0.1, 0.15) is 13.8 Å². The number of aliphatic carboxylic acids is 1. The third-order valence-electron chi connectivity index (χ3n) is 2.09. The summed E-state index contributed by atoms with van der Waals surface area (Å²) in [5, 5.41) is 11.1. The molecule has 0 aromatic rings. The van der Waals surface area contributed by atoms with Crippen LogP contribution < -0.4 is 5.32 Å². The first kappa shape index (κ1) is 16.2. The molecule has 2 N–H and O–H groups in total. The van der Waals surface area contributed by atoms with Crippen LogP contribution in [0.5, 0.6) is 0 Å². The number of nitrogens with one attached hydrogen (secondary N) is 1.